The minimum absolute atomic E-state index is 0.0245. The van der Waals surface area contributed by atoms with Crippen LogP contribution in [0.1, 0.15) is 20.3 Å². The van der Waals surface area contributed by atoms with Gasteiger partial charge in [0.1, 0.15) is 0 Å². The van der Waals surface area contributed by atoms with Crippen LogP contribution in [0.15, 0.2) is 45.6 Å². The van der Waals surface area contributed by atoms with E-state index < -0.39 is 11.7 Å². The maximum absolute atomic E-state index is 12.0. The zero-order chi connectivity index (χ0) is 18.4. The normalized spacial score (nSPS) is 10.6. The summed E-state index contributed by atoms with van der Waals surface area (Å²) >= 11 is 0. The van der Waals surface area contributed by atoms with E-state index in [1.54, 1.807) is 29.2 Å². The molecule has 0 atom stereocenters. The van der Waals surface area contributed by atoms with Crippen molar-refractivity contribution in [2.45, 2.75) is 26.8 Å². The van der Waals surface area contributed by atoms with E-state index in [0.717, 1.165) is 5.57 Å². The number of esters is 1. The Bertz CT molecular complexity index is 833. The third-order valence-corrected chi connectivity index (χ3v) is 3.67. The molecule has 0 aliphatic rings. The van der Waals surface area contributed by atoms with Gasteiger partial charge in [-0.3, -0.25) is 14.2 Å². The summed E-state index contributed by atoms with van der Waals surface area (Å²) < 4.78 is 11.5. The Labute approximate surface area is 145 Å². The quantitative estimate of drug-likeness (QED) is 0.539. The van der Waals surface area contributed by atoms with Gasteiger partial charge in [-0.05, 0) is 26.0 Å². The number of para-hydroxylation sites is 2. The van der Waals surface area contributed by atoms with Crippen molar-refractivity contribution >= 4 is 23.0 Å². The van der Waals surface area contributed by atoms with Gasteiger partial charge in [0.2, 0.25) is 0 Å². The van der Waals surface area contributed by atoms with Crippen LogP contribution in [0.25, 0.3) is 11.1 Å². The lowest BCUT2D eigenvalue weighted by Gasteiger charge is -2.20. The third-order valence-electron chi connectivity index (χ3n) is 3.67. The van der Waals surface area contributed by atoms with Crippen LogP contribution in [-0.4, -0.2) is 41.0 Å². The second-order valence-electron chi connectivity index (χ2n) is 5.76. The fourth-order valence-corrected chi connectivity index (χ4v) is 2.44. The topological polar surface area (TPSA) is 81.8 Å². The molecular weight excluding hydrogens is 324 g/mol. The number of ether oxygens (including phenoxy) is 1. The molecule has 134 valence electrons. The van der Waals surface area contributed by atoms with Crippen LogP contribution in [0.5, 0.6) is 0 Å². The molecule has 0 radical (unpaired) electrons. The van der Waals surface area contributed by atoms with Gasteiger partial charge in [-0.1, -0.05) is 24.3 Å². The molecule has 0 fully saturated rings. The molecule has 0 unspecified atom stereocenters. The van der Waals surface area contributed by atoms with Gasteiger partial charge in [0.15, 0.2) is 12.2 Å². The highest BCUT2D eigenvalue weighted by molar-refractivity contribution is 5.81. The first-order chi connectivity index (χ1) is 11.9. The van der Waals surface area contributed by atoms with Gasteiger partial charge in [-0.15, -0.1) is 0 Å². The molecule has 1 aromatic heterocycles. The average molecular weight is 346 g/mol. The summed E-state index contributed by atoms with van der Waals surface area (Å²) in [5.74, 6) is -1.34. The summed E-state index contributed by atoms with van der Waals surface area (Å²) in [5, 5.41) is 0. The number of rotatable bonds is 8. The summed E-state index contributed by atoms with van der Waals surface area (Å²) in [5.41, 5.74) is 1.94. The van der Waals surface area contributed by atoms with Crippen LogP contribution in [-0.2, 0) is 20.9 Å². The molecule has 0 saturated heterocycles. The second-order valence-corrected chi connectivity index (χ2v) is 5.76. The summed E-state index contributed by atoms with van der Waals surface area (Å²) in [6.45, 7) is 8.20. The Morgan fingerprint density at radius 2 is 2.04 bits per heavy atom. The van der Waals surface area contributed by atoms with E-state index in [-0.39, 0.29) is 25.5 Å². The fraction of sp³-hybridized carbons (Fsp3) is 0.389. The van der Waals surface area contributed by atoms with E-state index in [1.807, 2.05) is 13.8 Å². The number of likely N-dealkylation sites (N-methyl/N-ethyl adjacent to an activating group) is 1. The van der Waals surface area contributed by atoms with E-state index in [4.69, 9.17) is 9.15 Å². The van der Waals surface area contributed by atoms with E-state index >= 15 is 0 Å². The van der Waals surface area contributed by atoms with Crippen LogP contribution in [0.2, 0.25) is 0 Å². The van der Waals surface area contributed by atoms with E-state index in [9.17, 15) is 14.4 Å². The summed E-state index contributed by atoms with van der Waals surface area (Å²) in [6.07, 6.45) is -0.0245. The standard InChI is InChI=1S/C18H22N2O5/c1-4-19(11-13(2)3)16(21)12-24-17(22)9-10-20-14-7-5-6-8-15(14)25-18(20)23/h5-8H,2,4,9-12H2,1,3H3. The largest absolute Gasteiger partial charge is 0.456 e. The first-order valence-corrected chi connectivity index (χ1v) is 8.08. The number of hydrogen-bond acceptors (Lipinski definition) is 5. The molecule has 0 N–H and O–H groups in total. The number of oxazole rings is 1. The van der Waals surface area contributed by atoms with Gasteiger partial charge in [-0.25, -0.2) is 4.79 Å². The van der Waals surface area contributed by atoms with Crippen molar-refractivity contribution in [2.75, 3.05) is 19.7 Å². The minimum Gasteiger partial charge on any atom is -0.456 e. The zero-order valence-corrected chi connectivity index (χ0v) is 14.5. The predicted octanol–water partition coefficient (Wildman–Crippen LogP) is 1.95. The van der Waals surface area contributed by atoms with Crippen molar-refractivity contribution in [3.63, 3.8) is 0 Å². The molecule has 2 aromatic rings. The van der Waals surface area contributed by atoms with Gasteiger partial charge >= 0.3 is 11.7 Å². The number of aromatic nitrogens is 1. The average Bonchev–Trinajstić information content (AvgIpc) is 2.90. The smallest absolute Gasteiger partial charge is 0.419 e. The molecule has 0 aliphatic heterocycles. The Kier molecular flexibility index (Phi) is 6.16. The predicted molar refractivity (Wildman–Crippen MR) is 93.1 cm³/mol. The minimum atomic E-state index is -0.545. The summed E-state index contributed by atoms with van der Waals surface area (Å²) in [6, 6.07) is 6.97. The van der Waals surface area contributed by atoms with Gasteiger partial charge in [0.05, 0.1) is 11.9 Å². The van der Waals surface area contributed by atoms with E-state index in [1.165, 1.54) is 4.57 Å². The zero-order valence-electron chi connectivity index (χ0n) is 14.5. The van der Waals surface area contributed by atoms with Crippen molar-refractivity contribution in [2.24, 2.45) is 0 Å². The number of nitrogens with zero attached hydrogens (tertiary/aromatic N) is 2. The lowest BCUT2D eigenvalue weighted by atomic mass is 10.3. The Morgan fingerprint density at radius 1 is 1.32 bits per heavy atom. The lowest BCUT2D eigenvalue weighted by Crippen LogP contribution is -2.35. The maximum atomic E-state index is 12.0. The molecule has 1 aromatic carbocycles. The van der Waals surface area contributed by atoms with Crippen LogP contribution in [0.4, 0.5) is 0 Å². The van der Waals surface area contributed by atoms with Crippen LogP contribution in [0.3, 0.4) is 0 Å². The van der Waals surface area contributed by atoms with Gasteiger partial charge in [-0.2, -0.15) is 0 Å². The number of carbonyl (C=O) groups excluding carboxylic acids is 2. The molecule has 2 rings (SSSR count). The number of carbonyl (C=O) groups is 2. The first kappa shape index (κ1) is 18.5. The number of fused-ring (bicyclic) bond motifs is 1. The Hall–Kier alpha value is -2.83. The SMILES string of the molecule is C=C(C)CN(CC)C(=O)COC(=O)CCn1c(=O)oc2ccccc21. The molecule has 0 bridgehead atoms. The van der Waals surface area contributed by atoms with Gasteiger partial charge in [0, 0.05) is 19.6 Å². The lowest BCUT2D eigenvalue weighted by molar-refractivity contribution is -0.152. The molecular formula is C18H22N2O5. The van der Waals surface area contributed by atoms with E-state index in [2.05, 4.69) is 6.58 Å². The molecule has 0 spiro atoms. The van der Waals surface area contributed by atoms with E-state index in [0.29, 0.717) is 24.2 Å². The number of hydrogen-bond donors (Lipinski definition) is 0. The molecule has 1 heterocycles. The monoisotopic (exact) mass is 346 g/mol. The number of amides is 1. The van der Waals surface area contributed by atoms with Crippen LogP contribution < -0.4 is 5.76 Å². The molecule has 1 amide bonds. The summed E-state index contributed by atoms with van der Waals surface area (Å²) in [7, 11) is 0. The number of benzene rings is 1. The van der Waals surface area contributed by atoms with Crippen molar-refractivity contribution in [3.05, 3.63) is 47.0 Å². The molecule has 7 heteroatoms. The first-order valence-electron chi connectivity index (χ1n) is 8.08. The fourth-order valence-electron chi connectivity index (χ4n) is 2.44. The molecule has 25 heavy (non-hydrogen) atoms. The maximum Gasteiger partial charge on any atom is 0.419 e. The number of aryl methyl sites for hydroxylation is 1. The van der Waals surface area contributed by atoms with Crippen LogP contribution in [0, 0.1) is 0 Å². The van der Waals surface area contributed by atoms with Crippen LogP contribution >= 0.6 is 0 Å². The Morgan fingerprint density at radius 3 is 2.72 bits per heavy atom. The van der Waals surface area contributed by atoms with Crippen molar-refractivity contribution in [1.29, 1.82) is 0 Å². The highest BCUT2D eigenvalue weighted by atomic mass is 16.5. The van der Waals surface area contributed by atoms with Crippen molar-refractivity contribution in [1.82, 2.24) is 9.47 Å². The highest BCUT2D eigenvalue weighted by Crippen LogP contribution is 2.12. The molecule has 7 nitrogen and oxygen atoms in total. The van der Waals surface area contributed by atoms with Gasteiger partial charge in [0.25, 0.3) is 5.91 Å². The molecule has 0 aliphatic carbocycles. The van der Waals surface area contributed by atoms with Crippen molar-refractivity contribution in [3.8, 4) is 0 Å². The second kappa shape index (κ2) is 8.32. The van der Waals surface area contributed by atoms with Gasteiger partial charge < -0.3 is 14.1 Å². The van der Waals surface area contributed by atoms with Crippen molar-refractivity contribution < 1.29 is 18.7 Å². The third kappa shape index (κ3) is 4.82. The highest BCUT2D eigenvalue weighted by Gasteiger charge is 2.15. The summed E-state index contributed by atoms with van der Waals surface area (Å²) in [4.78, 5) is 37.3. The molecule has 0 saturated carbocycles. The Balaban J connectivity index is 1.88.